The Labute approximate surface area is 119 Å². The lowest BCUT2D eigenvalue weighted by atomic mass is 10.1. The van der Waals surface area contributed by atoms with Crippen molar-refractivity contribution < 1.29 is 8.42 Å². The smallest absolute Gasteiger partial charge is 0.244 e. The lowest BCUT2D eigenvalue weighted by molar-refractivity contribution is 0.320. The molecule has 1 aliphatic rings. The second kappa shape index (κ2) is 6.21. The van der Waals surface area contributed by atoms with Gasteiger partial charge in [-0.1, -0.05) is 23.7 Å². The van der Waals surface area contributed by atoms with E-state index >= 15 is 0 Å². The zero-order valence-electron chi connectivity index (χ0n) is 9.75. The van der Waals surface area contributed by atoms with E-state index < -0.39 is 10.0 Å². The highest BCUT2D eigenvalue weighted by Crippen LogP contribution is 2.26. The quantitative estimate of drug-likeness (QED) is 0.907. The maximum Gasteiger partial charge on any atom is 0.244 e. The summed E-state index contributed by atoms with van der Waals surface area (Å²) in [7, 11) is -3.47. The van der Waals surface area contributed by atoms with E-state index in [1.165, 1.54) is 10.4 Å². The molecule has 102 valence electrons. The van der Waals surface area contributed by atoms with E-state index in [2.05, 4.69) is 0 Å². The van der Waals surface area contributed by atoms with E-state index in [0.717, 1.165) is 0 Å². The molecule has 4 nitrogen and oxygen atoms in total. The topological polar surface area (TPSA) is 63.4 Å². The third-order valence-corrected chi connectivity index (χ3v) is 5.35. The van der Waals surface area contributed by atoms with Gasteiger partial charge in [0, 0.05) is 19.1 Å². The molecule has 2 N–H and O–H groups in total. The van der Waals surface area contributed by atoms with Crippen molar-refractivity contribution in [1.82, 2.24) is 4.31 Å². The minimum absolute atomic E-state index is 0. The molecule has 0 saturated carbocycles. The molecule has 7 heteroatoms. The Morgan fingerprint density at radius 1 is 1.22 bits per heavy atom. The number of sulfonamides is 1. The summed E-state index contributed by atoms with van der Waals surface area (Å²) in [5.41, 5.74) is 5.76. The molecule has 1 aromatic rings. The molecule has 0 aromatic heterocycles. The third kappa shape index (κ3) is 3.16. The van der Waals surface area contributed by atoms with Crippen LogP contribution in [0.15, 0.2) is 29.2 Å². The molecular formula is C11H16Cl2N2O2S. The monoisotopic (exact) mass is 310 g/mol. The van der Waals surface area contributed by atoms with Gasteiger partial charge in [-0.3, -0.25) is 0 Å². The van der Waals surface area contributed by atoms with Gasteiger partial charge in [-0.2, -0.15) is 4.31 Å². The van der Waals surface area contributed by atoms with Crippen molar-refractivity contribution in [3.63, 3.8) is 0 Å². The number of rotatable bonds is 2. The molecule has 18 heavy (non-hydrogen) atoms. The summed E-state index contributed by atoms with van der Waals surface area (Å²) in [4.78, 5) is 0.178. The molecule has 0 aliphatic carbocycles. The molecule has 0 bridgehead atoms. The molecule has 0 amide bonds. The number of piperidine rings is 1. The van der Waals surface area contributed by atoms with E-state index in [1.807, 2.05) is 0 Å². The highest BCUT2D eigenvalue weighted by Gasteiger charge is 2.29. The fourth-order valence-corrected chi connectivity index (χ4v) is 3.87. The summed E-state index contributed by atoms with van der Waals surface area (Å²) < 4.78 is 26.1. The second-order valence-corrected chi connectivity index (χ2v) is 6.49. The molecule has 0 spiro atoms. The molecule has 2 rings (SSSR count). The average Bonchev–Trinajstić information content (AvgIpc) is 2.30. The third-order valence-electron chi connectivity index (χ3n) is 2.95. The molecule has 1 aromatic carbocycles. The fourth-order valence-electron chi connectivity index (χ4n) is 1.91. The summed E-state index contributed by atoms with van der Waals surface area (Å²) in [5, 5.41) is 0.266. The summed E-state index contributed by atoms with van der Waals surface area (Å²) in [6.45, 7) is 0.934. The van der Waals surface area contributed by atoms with Crippen LogP contribution in [0.1, 0.15) is 12.8 Å². The maximum absolute atomic E-state index is 12.3. The molecule has 0 atom stereocenters. The first kappa shape index (κ1) is 15.7. The van der Waals surface area contributed by atoms with Crippen LogP contribution in [0.4, 0.5) is 0 Å². The van der Waals surface area contributed by atoms with Crippen LogP contribution in [0.5, 0.6) is 0 Å². The molecule has 0 unspecified atom stereocenters. The Kier molecular flexibility index (Phi) is 5.43. The van der Waals surface area contributed by atoms with Gasteiger partial charge in [0.05, 0.1) is 5.02 Å². The van der Waals surface area contributed by atoms with Crippen molar-refractivity contribution in [3.05, 3.63) is 29.3 Å². The largest absolute Gasteiger partial charge is 0.328 e. The van der Waals surface area contributed by atoms with E-state index in [0.29, 0.717) is 25.9 Å². The van der Waals surface area contributed by atoms with Gasteiger partial charge < -0.3 is 5.73 Å². The molecule has 1 heterocycles. The first-order chi connectivity index (χ1) is 8.01. The van der Waals surface area contributed by atoms with Gasteiger partial charge in [0.25, 0.3) is 0 Å². The highest BCUT2D eigenvalue weighted by atomic mass is 35.5. The maximum atomic E-state index is 12.3. The number of halogens is 2. The lowest BCUT2D eigenvalue weighted by Crippen LogP contribution is -2.42. The van der Waals surface area contributed by atoms with Crippen molar-refractivity contribution in [2.24, 2.45) is 5.73 Å². The van der Waals surface area contributed by atoms with Crippen LogP contribution in [0.3, 0.4) is 0 Å². The minimum atomic E-state index is -3.47. The van der Waals surface area contributed by atoms with Gasteiger partial charge in [0.15, 0.2) is 0 Å². The van der Waals surface area contributed by atoms with Crippen molar-refractivity contribution in [1.29, 1.82) is 0 Å². The number of benzene rings is 1. The molecule has 1 fully saturated rings. The predicted molar refractivity (Wildman–Crippen MR) is 74.7 cm³/mol. The van der Waals surface area contributed by atoms with Gasteiger partial charge in [-0.15, -0.1) is 12.4 Å². The molecule has 1 aliphatic heterocycles. The lowest BCUT2D eigenvalue weighted by Gasteiger charge is -2.29. The SMILES string of the molecule is Cl.NC1CCN(S(=O)(=O)c2ccccc2Cl)CC1. The van der Waals surface area contributed by atoms with Crippen molar-refractivity contribution in [3.8, 4) is 0 Å². The predicted octanol–water partition coefficient (Wildman–Crippen LogP) is 1.87. The van der Waals surface area contributed by atoms with Crippen LogP contribution in [0.2, 0.25) is 5.02 Å². The number of nitrogens with zero attached hydrogens (tertiary/aromatic N) is 1. The van der Waals surface area contributed by atoms with Crippen LogP contribution in [0, 0.1) is 0 Å². The van der Waals surface area contributed by atoms with E-state index in [-0.39, 0.29) is 28.4 Å². The van der Waals surface area contributed by atoms with Crippen LogP contribution in [-0.4, -0.2) is 31.9 Å². The first-order valence-electron chi connectivity index (χ1n) is 5.52. The first-order valence-corrected chi connectivity index (χ1v) is 7.34. The van der Waals surface area contributed by atoms with Crippen LogP contribution in [-0.2, 0) is 10.0 Å². The zero-order valence-corrected chi connectivity index (χ0v) is 12.1. The highest BCUT2D eigenvalue weighted by molar-refractivity contribution is 7.89. The van der Waals surface area contributed by atoms with Gasteiger partial charge >= 0.3 is 0 Å². The van der Waals surface area contributed by atoms with E-state index in [4.69, 9.17) is 17.3 Å². The van der Waals surface area contributed by atoms with Crippen molar-refractivity contribution in [2.45, 2.75) is 23.8 Å². The Bertz CT molecular complexity index is 500. The molecule has 0 radical (unpaired) electrons. The number of hydrogen-bond donors (Lipinski definition) is 1. The number of nitrogens with two attached hydrogens (primary N) is 1. The summed E-state index contributed by atoms with van der Waals surface area (Å²) in [6, 6.07) is 6.62. The average molecular weight is 311 g/mol. The van der Waals surface area contributed by atoms with E-state index in [9.17, 15) is 8.42 Å². The van der Waals surface area contributed by atoms with Crippen molar-refractivity contribution in [2.75, 3.05) is 13.1 Å². The van der Waals surface area contributed by atoms with Gasteiger partial charge in [0.2, 0.25) is 10.0 Å². The molecule has 1 saturated heterocycles. The Balaban J connectivity index is 0.00000162. The Hall–Kier alpha value is -0.330. The van der Waals surface area contributed by atoms with Crippen molar-refractivity contribution >= 4 is 34.0 Å². The van der Waals surface area contributed by atoms with Gasteiger partial charge in [0.1, 0.15) is 4.90 Å². The standard InChI is InChI=1S/C11H15ClN2O2S.ClH/c12-10-3-1-2-4-11(10)17(15,16)14-7-5-9(13)6-8-14;/h1-4,9H,5-8,13H2;1H. The van der Waals surface area contributed by atoms with Crippen LogP contribution in [0.25, 0.3) is 0 Å². The Morgan fingerprint density at radius 2 is 1.78 bits per heavy atom. The van der Waals surface area contributed by atoms with Crippen LogP contribution < -0.4 is 5.73 Å². The minimum Gasteiger partial charge on any atom is -0.328 e. The zero-order chi connectivity index (χ0) is 12.5. The summed E-state index contributed by atoms with van der Waals surface area (Å²) >= 11 is 5.93. The van der Waals surface area contributed by atoms with E-state index in [1.54, 1.807) is 18.2 Å². The summed E-state index contributed by atoms with van der Waals surface area (Å²) in [5.74, 6) is 0. The second-order valence-electron chi connectivity index (χ2n) is 4.17. The summed E-state index contributed by atoms with van der Waals surface area (Å²) in [6.07, 6.45) is 1.40. The van der Waals surface area contributed by atoms with Gasteiger partial charge in [-0.05, 0) is 25.0 Å². The normalized spacial score (nSPS) is 18.3. The Morgan fingerprint density at radius 3 is 2.33 bits per heavy atom. The fraction of sp³-hybridized carbons (Fsp3) is 0.455. The van der Waals surface area contributed by atoms with Crippen LogP contribution >= 0.6 is 24.0 Å². The molecular weight excluding hydrogens is 295 g/mol. The van der Waals surface area contributed by atoms with Gasteiger partial charge in [-0.25, -0.2) is 8.42 Å². The number of hydrogen-bond acceptors (Lipinski definition) is 3.